The third-order valence-corrected chi connectivity index (χ3v) is 2.39. The maximum absolute atomic E-state index is 8.97. The van der Waals surface area contributed by atoms with Crippen molar-refractivity contribution in [1.82, 2.24) is 19.7 Å². The van der Waals surface area contributed by atoms with Crippen molar-refractivity contribution in [3.63, 3.8) is 0 Å². The Morgan fingerprint density at radius 1 is 1.18 bits per heavy atom. The van der Waals surface area contributed by atoms with E-state index in [1.54, 1.807) is 6.07 Å². The summed E-state index contributed by atoms with van der Waals surface area (Å²) in [4.78, 5) is 3.78. The molecule has 2 heterocycles. The van der Waals surface area contributed by atoms with Gasteiger partial charge in [0.1, 0.15) is 18.5 Å². The van der Waals surface area contributed by atoms with Gasteiger partial charge in [-0.25, -0.2) is 4.98 Å². The highest BCUT2D eigenvalue weighted by Crippen LogP contribution is 2.22. The summed E-state index contributed by atoms with van der Waals surface area (Å²) in [6.07, 6.45) is 1.30. The van der Waals surface area contributed by atoms with E-state index < -0.39 is 0 Å². The van der Waals surface area contributed by atoms with Crippen molar-refractivity contribution in [2.75, 3.05) is 0 Å². The molecule has 0 saturated heterocycles. The smallest absolute Gasteiger partial charge is 0.177 e. The number of hydrogen-bond acceptors (Lipinski definition) is 5. The monoisotopic (exact) mass is 264 g/mol. The zero-order valence-corrected chi connectivity index (χ0v) is 9.61. The standard InChI is InChI=1S/C9H2Cl2N6/c10-8-1-6(9(11)16-15-8)17-4-14-5(2-12)7(17)3-13/h1,4H. The Hall–Kier alpha value is -2.15. The lowest BCUT2D eigenvalue weighted by Gasteiger charge is -2.04. The van der Waals surface area contributed by atoms with E-state index in [9.17, 15) is 0 Å². The van der Waals surface area contributed by atoms with Gasteiger partial charge in [0.2, 0.25) is 0 Å². The van der Waals surface area contributed by atoms with Crippen LogP contribution in [0.1, 0.15) is 11.4 Å². The lowest BCUT2D eigenvalue weighted by Crippen LogP contribution is -2.00. The zero-order chi connectivity index (χ0) is 12.4. The summed E-state index contributed by atoms with van der Waals surface area (Å²) in [6, 6.07) is 5.10. The summed E-state index contributed by atoms with van der Waals surface area (Å²) in [5, 5.41) is 25.1. The highest BCUT2D eigenvalue weighted by atomic mass is 35.5. The summed E-state index contributed by atoms with van der Waals surface area (Å²) in [6.45, 7) is 0. The quantitative estimate of drug-likeness (QED) is 0.782. The Morgan fingerprint density at radius 2 is 1.94 bits per heavy atom. The molecular formula is C9H2Cl2N6. The van der Waals surface area contributed by atoms with Crippen LogP contribution in [-0.4, -0.2) is 19.7 Å². The first-order valence-corrected chi connectivity index (χ1v) is 4.99. The summed E-state index contributed by atoms with van der Waals surface area (Å²) in [5.41, 5.74) is 0.423. The largest absolute Gasteiger partial charge is 0.286 e. The van der Waals surface area contributed by atoms with E-state index in [-0.39, 0.29) is 21.7 Å². The molecule has 0 aliphatic heterocycles. The van der Waals surface area contributed by atoms with Crippen LogP contribution in [0.5, 0.6) is 0 Å². The maximum Gasteiger partial charge on any atom is 0.177 e. The minimum Gasteiger partial charge on any atom is -0.286 e. The third-order valence-electron chi connectivity index (χ3n) is 1.94. The van der Waals surface area contributed by atoms with E-state index in [4.69, 9.17) is 33.7 Å². The Kier molecular flexibility index (Phi) is 2.92. The number of nitriles is 2. The number of imidazole rings is 1. The van der Waals surface area contributed by atoms with Crippen molar-refractivity contribution < 1.29 is 0 Å². The molecule has 82 valence electrons. The fraction of sp³-hybridized carbons (Fsp3) is 0. The van der Waals surface area contributed by atoms with Crippen molar-refractivity contribution in [3.8, 4) is 17.8 Å². The molecule has 0 N–H and O–H groups in total. The van der Waals surface area contributed by atoms with Crippen LogP contribution in [0.15, 0.2) is 12.4 Å². The van der Waals surface area contributed by atoms with E-state index in [1.807, 2.05) is 6.07 Å². The molecule has 6 nitrogen and oxygen atoms in total. The second kappa shape index (κ2) is 4.38. The molecule has 0 atom stereocenters. The van der Waals surface area contributed by atoms with Gasteiger partial charge in [-0.2, -0.15) is 10.5 Å². The highest BCUT2D eigenvalue weighted by molar-refractivity contribution is 6.32. The average molecular weight is 265 g/mol. The first kappa shape index (κ1) is 11.3. The minimum absolute atomic E-state index is 0.0106. The fourth-order valence-electron chi connectivity index (χ4n) is 1.23. The fourth-order valence-corrected chi connectivity index (χ4v) is 1.56. The van der Waals surface area contributed by atoms with Gasteiger partial charge in [0.15, 0.2) is 21.7 Å². The van der Waals surface area contributed by atoms with E-state index >= 15 is 0 Å². The van der Waals surface area contributed by atoms with E-state index in [1.165, 1.54) is 17.0 Å². The first-order chi connectivity index (χ1) is 8.17. The number of aromatic nitrogens is 4. The van der Waals surface area contributed by atoms with E-state index in [0.29, 0.717) is 5.69 Å². The molecule has 0 aliphatic carbocycles. The first-order valence-electron chi connectivity index (χ1n) is 4.24. The minimum atomic E-state index is 0.0106. The average Bonchev–Trinajstić information content (AvgIpc) is 2.74. The molecule has 0 amide bonds. The molecule has 0 fully saturated rings. The van der Waals surface area contributed by atoms with Gasteiger partial charge in [-0.3, -0.25) is 4.57 Å². The summed E-state index contributed by atoms with van der Waals surface area (Å²) >= 11 is 11.5. The molecule has 0 radical (unpaired) electrons. The topological polar surface area (TPSA) is 91.2 Å². The molecular weight excluding hydrogens is 263 g/mol. The normalized spacial score (nSPS) is 9.65. The Balaban J connectivity index is 2.70. The van der Waals surface area contributed by atoms with Crippen molar-refractivity contribution in [1.29, 1.82) is 10.5 Å². The predicted octanol–water partition coefficient (Wildman–Crippen LogP) is 1.71. The van der Waals surface area contributed by atoms with Gasteiger partial charge in [0, 0.05) is 6.07 Å². The second-order valence-corrected chi connectivity index (χ2v) is 3.62. The van der Waals surface area contributed by atoms with Crippen LogP contribution in [-0.2, 0) is 0 Å². The lowest BCUT2D eigenvalue weighted by molar-refractivity contribution is 0.962. The highest BCUT2D eigenvalue weighted by Gasteiger charge is 2.15. The summed E-state index contributed by atoms with van der Waals surface area (Å²) in [5.74, 6) is 0. The van der Waals surface area contributed by atoms with Gasteiger partial charge >= 0.3 is 0 Å². The molecule has 8 heteroatoms. The van der Waals surface area contributed by atoms with Crippen LogP contribution in [0, 0.1) is 22.7 Å². The van der Waals surface area contributed by atoms with Crippen LogP contribution in [0.4, 0.5) is 0 Å². The maximum atomic E-state index is 8.97. The van der Waals surface area contributed by atoms with Crippen molar-refractivity contribution in [2.24, 2.45) is 0 Å². The third kappa shape index (κ3) is 1.92. The number of halogens is 2. The molecule has 0 bridgehead atoms. The van der Waals surface area contributed by atoms with E-state index in [2.05, 4.69) is 15.2 Å². The molecule has 0 aliphatic rings. The molecule has 2 aromatic heterocycles. The molecule has 0 spiro atoms. The molecule has 0 unspecified atom stereocenters. The van der Waals surface area contributed by atoms with Crippen LogP contribution in [0.25, 0.3) is 5.69 Å². The van der Waals surface area contributed by atoms with Crippen LogP contribution in [0.2, 0.25) is 10.3 Å². The summed E-state index contributed by atoms with van der Waals surface area (Å²) < 4.78 is 1.33. The Labute approximate surface area is 106 Å². The van der Waals surface area contributed by atoms with Crippen molar-refractivity contribution >= 4 is 23.2 Å². The lowest BCUT2D eigenvalue weighted by atomic mass is 10.3. The van der Waals surface area contributed by atoms with Gasteiger partial charge in [-0.15, -0.1) is 10.2 Å². The zero-order valence-electron chi connectivity index (χ0n) is 8.09. The number of rotatable bonds is 1. The van der Waals surface area contributed by atoms with Gasteiger partial charge in [-0.1, -0.05) is 23.2 Å². The molecule has 2 rings (SSSR count). The number of nitrogens with zero attached hydrogens (tertiary/aromatic N) is 6. The van der Waals surface area contributed by atoms with Gasteiger partial charge in [-0.05, 0) is 0 Å². The van der Waals surface area contributed by atoms with E-state index in [0.717, 1.165) is 0 Å². The number of hydrogen-bond donors (Lipinski definition) is 0. The second-order valence-electron chi connectivity index (χ2n) is 2.88. The molecule has 17 heavy (non-hydrogen) atoms. The van der Waals surface area contributed by atoms with Gasteiger partial charge < -0.3 is 0 Å². The Bertz CT molecular complexity index is 663. The van der Waals surface area contributed by atoms with Crippen molar-refractivity contribution in [2.45, 2.75) is 0 Å². The predicted molar refractivity (Wildman–Crippen MR) is 58.6 cm³/mol. The van der Waals surface area contributed by atoms with Crippen LogP contribution in [0.3, 0.4) is 0 Å². The summed E-state index contributed by atoms with van der Waals surface area (Å²) in [7, 11) is 0. The van der Waals surface area contributed by atoms with Gasteiger partial charge in [0.25, 0.3) is 0 Å². The molecule has 2 aromatic rings. The van der Waals surface area contributed by atoms with Crippen LogP contribution < -0.4 is 0 Å². The SMILES string of the molecule is N#Cc1ncn(-c2cc(Cl)nnc2Cl)c1C#N. The molecule has 0 aromatic carbocycles. The van der Waals surface area contributed by atoms with Gasteiger partial charge in [0.05, 0.1) is 5.69 Å². The molecule has 0 saturated carbocycles. The van der Waals surface area contributed by atoms with Crippen LogP contribution >= 0.6 is 23.2 Å². The Morgan fingerprint density at radius 3 is 2.59 bits per heavy atom. The van der Waals surface area contributed by atoms with Crippen molar-refractivity contribution in [3.05, 3.63) is 34.1 Å².